The Morgan fingerprint density at radius 3 is 2.38 bits per heavy atom. The van der Waals surface area contributed by atoms with E-state index in [1.165, 1.54) is 0 Å². The Morgan fingerprint density at radius 2 is 1.83 bits per heavy atom. The first-order chi connectivity index (χ1) is 11.1. The highest BCUT2D eigenvalue weighted by Crippen LogP contribution is 2.44. The number of rotatable bonds is 2. The van der Waals surface area contributed by atoms with Gasteiger partial charge in [-0.25, -0.2) is 4.39 Å². The second kappa shape index (κ2) is 5.68. The number of benzene rings is 1. The second-order valence-corrected chi connectivity index (χ2v) is 7.94. The van der Waals surface area contributed by atoms with Crippen molar-refractivity contribution in [3.05, 3.63) is 34.0 Å². The maximum atomic E-state index is 15.2. The molecule has 0 radical (unpaired) electrons. The van der Waals surface area contributed by atoms with Gasteiger partial charge in [-0.15, -0.1) is 0 Å². The SMILES string of the molecule is CCN1C(=O)C(=C(F)B2OC(C)(C)C(C)(C)O2)c2cc(Br)ccc21. The van der Waals surface area contributed by atoms with Crippen molar-refractivity contribution in [3.8, 4) is 0 Å². The molecule has 1 amide bonds. The van der Waals surface area contributed by atoms with Gasteiger partial charge in [0.05, 0.1) is 22.5 Å². The van der Waals surface area contributed by atoms with Gasteiger partial charge in [0.15, 0.2) is 0 Å². The van der Waals surface area contributed by atoms with Crippen LogP contribution in [0.15, 0.2) is 28.4 Å². The third-order valence-corrected chi connectivity index (χ3v) is 5.49. The zero-order chi connectivity index (χ0) is 17.9. The molecule has 0 saturated carbocycles. The van der Waals surface area contributed by atoms with E-state index in [1.807, 2.05) is 46.8 Å². The summed E-state index contributed by atoms with van der Waals surface area (Å²) in [5.41, 5.74) is -0.722. The first-order valence-electron chi connectivity index (χ1n) is 7.96. The molecule has 2 heterocycles. The van der Waals surface area contributed by atoms with Gasteiger partial charge in [-0.1, -0.05) is 15.9 Å². The van der Waals surface area contributed by atoms with Gasteiger partial charge in [0.1, 0.15) is 5.73 Å². The quantitative estimate of drug-likeness (QED) is 0.558. The van der Waals surface area contributed by atoms with Crippen molar-refractivity contribution < 1.29 is 18.5 Å². The molecule has 1 aromatic rings. The van der Waals surface area contributed by atoms with Crippen molar-refractivity contribution >= 4 is 40.2 Å². The number of halogens is 2. The molecular formula is C17H20BBrFNO3. The van der Waals surface area contributed by atoms with Crippen molar-refractivity contribution in [2.24, 2.45) is 0 Å². The van der Waals surface area contributed by atoms with Crippen LogP contribution in [-0.2, 0) is 14.1 Å². The van der Waals surface area contributed by atoms with Crippen LogP contribution in [0.25, 0.3) is 5.57 Å². The summed E-state index contributed by atoms with van der Waals surface area (Å²) in [5, 5.41) is 0. The highest BCUT2D eigenvalue weighted by atomic mass is 79.9. The zero-order valence-corrected chi connectivity index (χ0v) is 16.0. The summed E-state index contributed by atoms with van der Waals surface area (Å²) in [5.74, 6) is -0.363. The van der Waals surface area contributed by atoms with Gasteiger partial charge in [0.25, 0.3) is 5.91 Å². The number of carbonyl (C=O) groups is 1. The fraction of sp³-hybridized carbons (Fsp3) is 0.471. The van der Waals surface area contributed by atoms with Crippen molar-refractivity contribution in [1.29, 1.82) is 0 Å². The smallest absolute Gasteiger partial charge is 0.398 e. The molecule has 1 fully saturated rings. The summed E-state index contributed by atoms with van der Waals surface area (Å²) >= 11 is 3.39. The van der Waals surface area contributed by atoms with Crippen LogP contribution < -0.4 is 4.90 Å². The number of anilines is 1. The van der Waals surface area contributed by atoms with Gasteiger partial charge in [0.2, 0.25) is 0 Å². The summed E-state index contributed by atoms with van der Waals surface area (Å²) in [6.07, 6.45) is 0. The van der Waals surface area contributed by atoms with Crippen molar-refractivity contribution in [3.63, 3.8) is 0 Å². The van der Waals surface area contributed by atoms with Crippen molar-refractivity contribution in [2.45, 2.75) is 45.8 Å². The Morgan fingerprint density at radius 1 is 1.25 bits per heavy atom. The van der Waals surface area contributed by atoms with E-state index in [-0.39, 0.29) is 11.5 Å². The van der Waals surface area contributed by atoms with E-state index in [0.29, 0.717) is 17.8 Å². The molecular weight excluding hydrogens is 376 g/mol. The molecule has 0 bridgehead atoms. The molecule has 0 aromatic heterocycles. The van der Waals surface area contributed by atoms with E-state index < -0.39 is 24.0 Å². The highest BCUT2D eigenvalue weighted by Gasteiger charge is 2.54. The molecule has 0 N–H and O–H groups in total. The lowest BCUT2D eigenvalue weighted by atomic mass is 9.83. The fourth-order valence-corrected chi connectivity index (χ4v) is 3.27. The molecule has 2 aliphatic rings. The second-order valence-electron chi connectivity index (χ2n) is 7.02. The number of hydrogen-bond donors (Lipinski definition) is 0. The van der Waals surface area contributed by atoms with Crippen LogP contribution in [-0.4, -0.2) is 30.8 Å². The Balaban J connectivity index is 2.10. The van der Waals surface area contributed by atoms with Crippen LogP contribution in [0.3, 0.4) is 0 Å². The minimum absolute atomic E-state index is 0.0200. The normalized spacial score (nSPS) is 23.7. The summed E-state index contributed by atoms with van der Waals surface area (Å²) in [7, 11) is -1.18. The van der Waals surface area contributed by atoms with E-state index in [2.05, 4.69) is 15.9 Å². The van der Waals surface area contributed by atoms with Gasteiger partial charge in [0, 0.05) is 16.6 Å². The average molecular weight is 396 g/mol. The molecule has 4 nitrogen and oxygen atoms in total. The molecule has 0 unspecified atom stereocenters. The molecule has 0 spiro atoms. The first kappa shape index (κ1) is 17.6. The van der Waals surface area contributed by atoms with E-state index in [0.717, 1.165) is 4.47 Å². The molecule has 24 heavy (non-hydrogen) atoms. The minimum Gasteiger partial charge on any atom is -0.398 e. The Hall–Kier alpha value is -1.18. The van der Waals surface area contributed by atoms with Gasteiger partial charge >= 0.3 is 7.12 Å². The van der Waals surface area contributed by atoms with Gasteiger partial charge < -0.3 is 14.2 Å². The standard InChI is InChI=1S/C17H20BBrFNO3/c1-6-21-12-8-7-10(19)9-11(12)13(15(21)22)14(20)18-23-16(2,3)17(4,5)24-18/h7-9H,6H2,1-5H3. The monoisotopic (exact) mass is 395 g/mol. The molecule has 1 saturated heterocycles. The Bertz CT molecular complexity index is 731. The molecule has 1 aromatic carbocycles. The lowest BCUT2D eigenvalue weighted by Crippen LogP contribution is -2.41. The van der Waals surface area contributed by atoms with Gasteiger partial charge in [-0.05, 0) is 52.8 Å². The number of hydrogen-bond acceptors (Lipinski definition) is 3. The third-order valence-electron chi connectivity index (χ3n) is 4.99. The topological polar surface area (TPSA) is 38.8 Å². The Labute approximate surface area is 150 Å². The molecule has 0 atom stereocenters. The van der Waals surface area contributed by atoms with Crippen LogP contribution in [0.2, 0.25) is 0 Å². The number of carbonyl (C=O) groups excluding carboxylic acids is 1. The van der Waals surface area contributed by atoms with Crippen molar-refractivity contribution in [2.75, 3.05) is 11.4 Å². The lowest BCUT2D eigenvalue weighted by molar-refractivity contribution is -0.113. The molecule has 0 aliphatic carbocycles. The molecule has 3 rings (SSSR count). The summed E-state index contributed by atoms with van der Waals surface area (Å²) in [6, 6.07) is 5.40. The van der Waals surface area contributed by atoms with Crippen LogP contribution in [0, 0.1) is 0 Å². The number of amides is 1. The third kappa shape index (κ3) is 2.53. The average Bonchev–Trinajstić information content (AvgIpc) is 2.87. The largest absolute Gasteiger partial charge is 0.526 e. The zero-order valence-electron chi connectivity index (χ0n) is 14.4. The molecule has 7 heteroatoms. The minimum atomic E-state index is -1.18. The maximum absolute atomic E-state index is 15.2. The van der Waals surface area contributed by atoms with Gasteiger partial charge in [-0.3, -0.25) is 4.79 Å². The summed E-state index contributed by atoms with van der Waals surface area (Å²) in [6.45, 7) is 9.73. The van der Waals surface area contributed by atoms with Crippen molar-refractivity contribution in [1.82, 2.24) is 0 Å². The number of fused-ring (bicyclic) bond motifs is 1. The van der Waals surface area contributed by atoms with Crippen LogP contribution in [0.1, 0.15) is 40.2 Å². The van der Waals surface area contributed by atoms with E-state index in [9.17, 15) is 4.79 Å². The number of nitrogens with zero attached hydrogens (tertiary/aromatic N) is 1. The number of likely N-dealkylation sites (N-methyl/N-ethyl adjacent to an activating group) is 1. The predicted molar refractivity (Wildman–Crippen MR) is 96.3 cm³/mol. The van der Waals surface area contributed by atoms with E-state index in [1.54, 1.807) is 11.0 Å². The van der Waals surface area contributed by atoms with E-state index in [4.69, 9.17) is 9.31 Å². The Kier molecular flexibility index (Phi) is 4.17. The molecule has 128 valence electrons. The lowest BCUT2D eigenvalue weighted by Gasteiger charge is -2.32. The van der Waals surface area contributed by atoms with Crippen LogP contribution in [0.4, 0.5) is 10.1 Å². The summed E-state index contributed by atoms with van der Waals surface area (Å²) < 4.78 is 27.5. The predicted octanol–water partition coefficient (Wildman–Crippen LogP) is 4.13. The van der Waals surface area contributed by atoms with Crippen LogP contribution in [0.5, 0.6) is 0 Å². The van der Waals surface area contributed by atoms with Gasteiger partial charge in [-0.2, -0.15) is 0 Å². The first-order valence-corrected chi connectivity index (χ1v) is 8.75. The maximum Gasteiger partial charge on any atom is 0.526 e. The molecule has 2 aliphatic heterocycles. The highest BCUT2D eigenvalue weighted by molar-refractivity contribution is 9.10. The van der Waals surface area contributed by atoms with E-state index >= 15 is 4.39 Å². The fourth-order valence-electron chi connectivity index (χ4n) is 2.91. The summed E-state index contributed by atoms with van der Waals surface area (Å²) in [4.78, 5) is 14.3. The van der Waals surface area contributed by atoms with Crippen LogP contribution >= 0.6 is 15.9 Å².